The van der Waals surface area contributed by atoms with Crippen molar-refractivity contribution < 1.29 is 9.59 Å². The Labute approximate surface area is 70.1 Å². The molecule has 0 atom stereocenters. The molecule has 0 saturated carbocycles. The van der Waals surface area contributed by atoms with Gasteiger partial charge < -0.3 is 0 Å². The molecule has 62 valence electrons. The molecule has 0 N–H and O–H groups in total. The van der Waals surface area contributed by atoms with Gasteiger partial charge in [-0.05, 0) is 6.42 Å². The molecule has 1 saturated heterocycles. The third-order valence-electron chi connectivity index (χ3n) is 1.51. The summed E-state index contributed by atoms with van der Waals surface area (Å²) >= 11 is 1.24. The molecule has 0 aliphatic carbocycles. The van der Waals surface area contributed by atoms with Gasteiger partial charge >= 0.3 is 0 Å². The first-order valence-corrected chi connectivity index (χ1v) is 4.71. The summed E-state index contributed by atoms with van der Waals surface area (Å²) in [5, 5.41) is -0.0805. The van der Waals surface area contributed by atoms with E-state index in [0.717, 1.165) is 6.42 Å². The molecule has 0 radical (unpaired) electrons. The second-order valence-corrected chi connectivity index (χ2v) is 3.46. The van der Waals surface area contributed by atoms with Crippen molar-refractivity contribution in [3.8, 4) is 0 Å². The monoisotopic (exact) mass is 173 g/mol. The Kier molecular flexibility index (Phi) is 2.93. The van der Waals surface area contributed by atoms with E-state index >= 15 is 0 Å². The molecule has 1 aliphatic rings. The number of imide groups is 1. The van der Waals surface area contributed by atoms with E-state index in [2.05, 4.69) is 0 Å². The highest BCUT2D eigenvalue weighted by Gasteiger charge is 2.25. The summed E-state index contributed by atoms with van der Waals surface area (Å²) in [4.78, 5) is 23.5. The van der Waals surface area contributed by atoms with Crippen molar-refractivity contribution in [2.45, 2.75) is 19.8 Å². The lowest BCUT2D eigenvalue weighted by atomic mass is 10.3. The van der Waals surface area contributed by atoms with Gasteiger partial charge in [0.2, 0.25) is 5.91 Å². The standard InChI is InChI=1S/C7H11NO2S/c1-2-4-8-6(9)3-5-11-7(8)10/h2-5H2,1H3. The van der Waals surface area contributed by atoms with Crippen molar-refractivity contribution in [1.29, 1.82) is 0 Å². The zero-order chi connectivity index (χ0) is 8.27. The summed E-state index contributed by atoms with van der Waals surface area (Å²) in [7, 11) is 0. The molecule has 0 aromatic heterocycles. The Hall–Kier alpha value is -0.510. The van der Waals surface area contributed by atoms with Gasteiger partial charge in [-0.1, -0.05) is 18.7 Å². The van der Waals surface area contributed by atoms with Crippen molar-refractivity contribution in [3.63, 3.8) is 0 Å². The number of hydrogen-bond donors (Lipinski definition) is 0. The third-order valence-corrected chi connectivity index (χ3v) is 2.39. The maximum Gasteiger partial charge on any atom is 0.288 e. The first-order valence-electron chi connectivity index (χ1n) is 3.73. The number of thioether (sulfide) groups is 1. The van der Waals surface area contributed by atoms with Crippen LogP contribution in [0, 0.1) is 0 Å². The zero-order valence-electron chi connectivity index (χ0n) is 6.50. The van der Waals surface area contributed by atoms with Gasteiger partial charge in [-0.25, -0.2) is 0 Å². The predicted molar refractivity (Wildman–Crippen MR) is 44.5 cm³/mol. The molecule has 4 heteroatoms. The molecular formula is C7H11NO2S. The van der Waals surface area contributed by atoms with Crippen molar-refractivity contribution in [2.75, 3.05) is 12.3 Å². The lowest BCUT2D eigenvalue weighted by Gasteiger charge is -2.23. The van der Waals surface area contributed by atoms with Gasteiger partial charge in [-0.3, -0.25) is 14.5 Å². The number of hydrogen-bond acceptors (Lipinski definition) is 3. The van der Waals surface area contributed by atoms with Crippen LogP contribution >= 0.6 is 11.8 Å². The van der Waals surface area contributed by atoms with E-state index in [-0.39, 0.29) is 11.1 Å². The van der Waals surface area contributed by atoms with Crippen LogP contribution < -0.4 is 0 Å². The zero-order valence-corrected chi connectivity index (χ0v) is 7.32. The van der Waals surface area contributed by atoms with Crippen molar-refractivity contribution in [2.24, 2.45) is 0 Å². The van der Waals surface area contributed by atoms with Crippen LogP contribution in [-0.4, -0.2) is 28.3 Å². The Balaban J connectivity index is 2.55. The van der Waals surface area contributed by atoms with Gasteiger partial charge in [0.25, 0.3) is 5.24 Å². The van der Waals surface area contributed by atoms with Crippen molar-refractivity contribution in [3.05, 3.63) is 0 Å². The molecule has 1 fully saturated rings. The van der Waals surface area contributed by atoms with E-state index < -0.39 is 0 Å². The number of rotatable bonds is 2. The Morgan fingerprint density at radius 1 is 1.55 bits per heavy atom. The first kappa shape index (κ1) is 8.59. The van der Waals surface area contributed by atoms with Crippen LogP contribution in [0.2, 0.25) is 0 Å². The van der Waals surface area contributed by atoms with Crippen LogP contribution in [0.25, 0.3) is 0 Å². The molecule has 0 aromatic carbocycles. The largest absolute Gasteiger partial charge is 0.288 e. The fourth-order valence-electron chi connectivity index (χ4n) is 0.980. The minimum absolute atomic E-state index is 0.0180. The third kappa shape index (κ3) is 1.96. The van der Waals surface area contributed by atoms with Crippen LogP contribution in [0.1, 0.15) is 19.8 Å². The molecule has 0 unspecified atom stereocenters. The van der Waals surface area contributed by atoms with Gasteiger partial charge in [-0.2, -0.15) is 0 Å². The van der Waals surface area contributed by atoms with Gasteiger partial charge in [-0.15, -0.1) is 0 Å². The van der Waals surface area contributed by atoms with Crippen LogP contribution in [0.5, 0.6) is 0 Å². The first-order chi connectivity index (χ1) is 5.25. The molecule has 2 amide bonds. The molecule has 3 nitrogen and oxygen atoms in total. The number of carbonyl (C=O) groups is 2. The fourth-order valence-corrected chi connectivity index (χ4v) is 1.78. The van der Waals surface area contributed by atoms with E-state index in [0.29, 0.717) is 18.7 Å². The molecule has 1 rings (SSSR count). The van der Waals surface area contributed by atoms with Crippen LogP contribution in [0.15, 0.2) is 0 Å². The Morgan fingerprint density at radius 2 is 2.27 bits per heavy atom. The SMILES string of the molecule is CCCN1C(=O)CCSC1=O. The van der Waals surface area contributed by atoms with E-state index in [1.165, 1.54) is 16.7 Å². The van der Waals surface area contributed by atoms with Crippen molar-refractivity contribution in [1.82, 2.24) is 4.90 Å². The summed E-state index contributed by atoms with van der Waals surface area (Å²) in [5.41, 5.74) is 0. The molecular weight excluding hydrogens is 162 g/mol. The summed E-state index contributed by atoms with van der Waals surface area (Å²) in [5.74, 6) is 0.633. The Bertz CT molecular complexity index is 165. The van der Waals surface area contributed by atoms with E-state index in [1.807, 2.05) is 6.92 Å². The molecule has 0 spiro atoms. The van der Waals surface area contributed by atoms with Crippen molar-refractivity contribution >= 4 is 22.9 Å². The van der Waals surface area contributed by atoms with E-state index in [1.54, 1.807) is 0 Å². The van der Waals surface area contributed by atoms with Crippen LogP contribution in [-0.2, 0) is 4.79 Å². The second kappa shape index (κ2) is 3.76. The van der Waals surface area contributed by atoms with Crippen LogP contribution in [0.3, 0.4) is 0 Å². The van der Waals surface area contributed by atoms with E-state index in [9.17, 15) is 9.59 Å². The molecule has 11 heavy (non-hydrogen) atoms. The minimum Gasteiger partial charge on any atom is -0.274 e. The highest BCUT2D eigenvalue weighted by Crippen LogP contribution is 2.18. The van der Waals surface area contributed by atoms with Gasteiger partial charge in [0, 0.05) is 18.7 Å². The normalized spacial score (nSPS) is 19.2. The lowest BCUT2D eigenvalue weighted by molar-refractivity contribution is -0.127. The topological polar surface area (TPSA) is 37.4 Å². The quantitative estimate of drug-likeness (QED) is 0.634. The molecule has 0 bridgehead atoms. The van der Waals surface area contributed by atoms with Gasteiger partial charge in [0.15, 0.2) is 0 Å². The maximum absolute atomic E-state index is 11.1. The summed E-state index contributed by atoms with van der Waals surface area (Å²) < 4.78 is 0. The number of carbonyl (C=O) groups excluding carboxylic acids is 2. The van der Waals surface area contributed by atoms with Gasteiger partial charge in [0.1, 0.15) is 0 Å². The molecule has 1 heterocycles. The highest BCUT2D eigenvalue weighted by atomic mass is 32.2. The maximum atomic E-state index is 11.1. The highest BCUT2D eigenvalue weighted by molar-refractivity contribution is 8.13. The average molecular weight is 173 g/mol. The van der Waals surface area contributed by atoms with E-state index in [4.69, 9.17) is 0 Å². The average Bonchev–Trinajstić information content (AvgIpc) is 1.97. The Morgan fingerprint density at radius 3 is 2.82 bits per heavy atom. The number of nitrogens with zero attached hydrogens (tertiary/aromatic N) is 1. The van der Waals surface area contributed by atoms with Gasteiger partial charge in [0.05, 0.1) is 0 Å². The summed E-state index contributed by atoms with van der Waals surface area (Å²) in [6.45, 7) is 2.53. The summed E-state index contributed by atoms with van der Waals surface area (Å²) in [6.07, 6.45) is 1.36. The second-order valence-electron chi connectivity index (χ2n) is 2.41. The fraction of sp³-hybridized carbons (Fsp3) is 0.714. The summed E-state index contributed by atoms with van der Waals surface area (Å²) in [6, 6.07) is 0. The smallest absolute Gasteiger partial charge is 0.274 e. The van der Waals surface area contributed by atoms with Crippen LogP contribution in [0.4, 0.5) is 4.79 Å². The predicted octanol–water partition coefficient (Wildman–Crippen LogP) is 1.48. The lowest BCUT2D eigenvalue weighted by Crippen LogP contribution is -2.38. The number of amides is 2. The molecule has 1 aliphatic heterocycles. The molecule has 0 aromatic rings. The minimum atomic E-state index is -0.0805.